The monoisotopic (exact) mass is 186 g/mol. The number of rotatable bonds is 2. The van der Waals surface area contributed by atoms with Crippen molar-refractivity contribution in [2.24, 2.45) is 5.73 Å². The molecule has 0 spiro atoms. The van der Waals surface area contributed by atoms with E-state index in [1.165, 1.54) is 16.3 Å². The van der Waals surface area contributed by atoms with Gasteiger partial charge in [0.05, 0.1) is 0 Å². The molecule has 0 saturated carbocycles. The van der Waals surface area contributed by atoms with Gasteiger partial charge in [-0.1, -0.05) is 30.3 Å². The number of hydrogen-bond donors (Lipinski definition) is 2. The van der Waals surface area contributed by atoms with Crippen LogP contribution in [0.2, 0.25) is 0 Å². The second kappa shape index (κ2) is 3.68. The first-order valence-corrected chi connectivity index (χ1v) is 4.75. The molecule has 72 valence electrons. The third-order valence-electron chi connectivity index (χ3n) is 2.50. The summed E-state index contributed by atoms with van der Waals surface area (Å²) in [7, 11) is 1.93. The van der Waals surface area contributed by atoms with Crippen molar-refractivity contribution in [1.82, 2.24) is 0 Å². The molecule has 0 bridgehead atoms. The van der Waals surface area contributed by atoms with E-state index >= 15 is 0 Å². The molecule has 0 aliphatic heterocycles. The quantitative estimate of drug-likeness (QED) is 0.755. The topological polar surface area (TPSA) is 38.0 Å². The van der Waals surface area contributed by atoms with Crippen LogP contribution in [0.3, 0.4) is 0 Å². The van der Waals surface area contributed by atoms with Gasteiger partial charge in [0.25, 0.3) is 0 Å². The molecule has 2 aromatic rings. The van der Waals surface area contributed by atoms with Crippen molar-refractivity contribution in [2.45, 2.75) is 6.54 Å². The molecule has 0 radical (unpaired) electrons. The second-order valence-electron chi connectivity index (χ2n) is 3.27. The van der Waals surface area contributed by atoms with Crippen LogP contribution in [0.1, 0.15) is 5.56 Å². The number of benzene rings is 2. The van der Waals surface area contributed by atoms with Crippen molar-refractivity contribution in [2.75, 3.05) is 12.4 Å². The van der Waals surface area contributed by atoms with Crippen molar-refractivity contribution in [3.8, 4) is 0 Å². The highest BCUT2D eigenvalue weighted by molar-refractivity contribution is 5.95. The summed E-state index contributed by atoms with van der Waals surface area (Å²) >= 11 is 0. The van der Waals surface area contributed by atoms with Crippen molar-refractivity contribution < 1.29 is 0 Å². The lowest BCUT2D eigenvalue weighted by Crippen LogP contribution is -1.98. The zero-order valence-electron chi connectivity index (χ0n) is 8.25. The fourth-order valence-electron chi connectivity index (χ4n) is 1.76. The fraction of sp³-hybridized carbons (Fsp3) is 0.167. The van der Waals surface area contributed by atoms with Crippen LogP contribution >= 0.6 is 0 Å². The highest BCUT2D eigenvalue weighted by atomic mass is 14.8. The van der Waals surface area contributed by atoms with Gasteiger partial charge in [-0.2, -0.15) is 0 Å². The molecular formula is C12H14N2. The van der Waals surface area contributed by atoms with Crippen LogP contribution in [0.4, 0.5) is 5.69 Å². The van der Waals surface area contributed by atoms with E-state index in [9.17, 15) is 0 Å². The Labute approximate surface area is 83.7 Å². The molecule has 0 heterocycles. The van der Waals surface area contributed by atoms with E-state index in [-0.39, 0.29) is 0 Å². The van der Waals surface area contributed by atoms with Crippen LogP contribution < -0.4 is 11.1 Å². The van der Waals surface area contributed by atoms with Gasteiger partial charge in [0.1, 0.15) is 0 Å². The Kier molecular flexibility index (Phi) is 2.37. The summed E-state index contributed by atoms with van der Waals surface area (Å²) in [6.07, 6.45) is 0. The molecule has 2 rings (SSSR count). The van der Waals surface area contributed by atoms with Crippen molar-refractivity contribution in [3.05, 3.63) is 42.0 Å². The van der Waals surface area contributed by atoms with E-state index in [0.717, 1.165) is 5.69 Å². The van der Waals surface area contributed by atoms with Crippen molar-refractivity contribution >= 4 is 16.5 Å². The van der Waals surface area contributed by atoms with Crippen LogP contribution in [-0.2, 0) is 6.54 Å². The molecule has 0 aliphatic rings. The second-order valence-corrected chi connectivity index (χ2v) is 3.27. The first-order valence-electron chi connectivity index (χ1n) is 4.75. The lowest BCUT2D eigenvalue weighted by molar-refractivity contribution is 1.09. The lowest BCUT2D eigenvalue weighted by atomic mass is 10.0. The number of nitrogens with two attached hydrogens (primary N) is 1. The molecule has 0 aromatic heterocycles. The lowest BCUT2D eigenvalue weighted by Gasteiger charge is -2.09. The molecule has 0 unspecified atom stereocenters. The van der Waals surface area contributed by atoms with Crippen LogP contribution in [0, 0.1) is 0 Å². The molecule has 0 atom stereocenters. The van der Waals surface area contributed by atoms with Crippen LogP contribution in [0.15, 0.2) is 36.4 Å². The Morgan fingerprint density at radius 3 is 2.43 bits per heavy atom. The number of nitrogens with one attached hydrogen (secondary N) is 1. The first-order chi connectivity index (χ1) is 6.86. The summed E-state index contributed by atoms with van der Waals surface area (Å²) in [5.41, 5.74) is 8.03. The van der Waals surface area contributed by atoms with E-state index < -0.39 is 0 Å². The summed E-state index contributed by atoms with van der Waals surface area (Å²) < 4.78 is 0. The summed E-state index contributed by atoms with van der Waals surface area (Å²) in [5.74, 6) is 0. The predicted octanol–water partition coefficient (Wildman–Crippen LogP) is 2.34. The van der Waals surface area contributed by atoms with Gasteiger partial charge < -0.3 is 11.1 Å². The zero-order valence-corrected chi connectivity index (χ0v) is 8.25. The average molecular weight is 186 g/mol. The molecule has 2 heteroatoms. The Morgan fingerprint density at radius 1 is 1.07 bits per heavy atom. The van der Waals surface area contributed by atoms with Crippen LogP contribution in [0.25, 0.3) is 10.8 Å². The Bertz CT molecular complexity index is 407. The maximum absolute atomic E-state index is 5.69. The SMILES string of the molecule is CNc1ccc(CN)c2ccccc12. The number of hydrogen-bond acceptors (Lipinski definition) is 2. The number of fused-ring (bicyclic) bond motifs is 1. The van der Waals surface area contributed by atoms with Gasteiger partial charge in [-0.3, -0.25) is 0 Å². The fourth-order valence-corrected chi connectivity index (χ4v) is 1.76. The molecule has 0 fully saturated rings. The largest absolute Gasteiger partial charge is 0.388 e. The van der Waals surface area contributed by atoms with Gasteiger partial charge >= 0.3 is 0 Å². The Morgan fingerprint density at radius 2 is 1.79 bits per heavy atom. The minimum Gasteiger partial charge on any atom is -0.388 e. The molecule has 2 nitrogen and oxygen atoms in total. The predicted molar refractivity (Wildman–Crippen MR) is 61.4 cm³/mol. The van der Waals surface area contributed by atoms with E-state index in [4.69, 9.17) is 5.73 Å². The van der Waals surface area contributed by atoms with Crippen molar-refractivity contribution in [1.29, 1.82) is 0 Å². The standard InChI is InChI=1S/C12H14N2/c1-14-12-7-6-9(8-13)10-4-2-3-5-11(10)12/h2-7,14H,8,13H2,1H3. The molecule has 0 amide bonds. The smallest absolute Gasteiger partial charge is 0.0417 e. The molecule has 0 saturated heterocycles. The molecule has 14 heavy (non-hydrogen) atoms. The highest BCUT2D eigenvalue weighted by Crippen LogP contribution is 2.25. The summed E-state index contributed by atoms with van der Waals surface area (Å²) in [4.78, 5) is 0. The third-order valence-corrected chi connectivity index (χ3v) is 2.50. The van der Waals surface area contributed by atoms with E-state index in [1.54, 1.807) is 0 Å². The number of anilines is 1. The van der Waals surface area contributed by atoms with E-state index in [2.05, 4.69) is 29.6 Å². The Balaban J connectivity index is 2.78. The molecule has 0 aliphatic carbocycles. The van der Waals surface area contributed by atoms with E-state index in [1.807, 2.05) is 19.2 Å². The van der Waals surface area contributed by atoms with E-state index in [0.29, 0.717) is 6.54 Å². The average Bonchev–Trinajstić information content (AvgIpc) is 2.27. The maximum atomic E-state index is 5.69. The Hall–Kier alpha value is -1.54. The summed E-state index contributed by atoms with van der Waals surface area (Å²) in [6, 6.07) is 12.5. The molecule has 3 N–H and O–H groups in total. The zero-order chi connectivity index (χ0) is 9.97. The van der Waals surface area contributed by atoms with Crippen molar-refractivity contribution in [3.63, 3.8) is 0 Å². The van der Waals surface area contributed by atoms with Gasteiger partial charge in [0, 0.05) is 24.7 Å². The van der Waals surface area contributed by atoms with Gasteiger partial charge in [-0.15, -0.1) is 0 Å². The first kappa shape index (κ1) is 9.03. The minimum atomic E-state index is 0.588. The minimum absolute atomic E-state index is 0.588. The van der Waals surface area contributed by atoms with Gasteiger partial charge in [0.15, 0.2) is 0 Å². The maximum Gasteiger partial charge on any atom is 0.0417 e. The molecule has 2 aromatic carbocycles. The normalized spacial score (nSPS) is 10.4. The highest BCUT2D eigenvalue weighted by Gasteiger charge is 2.02. The van der Waals surface area contributed by atoms with Gasteiger partial charge in [-0.25, -0.2) is 0 Å². The molecular weight excluding hydrogens is 172 g/mol. The van der Waals surface area contributed by atoms with Crippen LogP contribution in [0.5, 0.6) is 0 Å². The summed E-state index contributed by atoms with van der Waals surface area (Å²) in [6.45, 7) is 0.588. The third kappa shape index (κ3) is 1.34. The summed E-state index contributed by atoms with van der Waals surface area (Å²) in [5, 5.41) is 5.65. The van der Waals surface area contributed by atoms with Gasteiger partial charge in [-0.05, 0) is 17.0 Å². The van der Waals surface area contributed by atoms with Crippen LogP contribution in [-0.4, -0.2) is 7.05 Å². The van der Waals surface area contributed by atoms with Gasteiger partial charge in [0.2, 0.25) is 0 Å².